The average molecular weight is 370 g/mol. The number of amides is 2. The maximum absolute atomic E-state index is 13.9. The summed E-state index contributed by atoms with van der Waals surface area (Å²) in [6, 6.07) is 11.5. The van der Waals surface area contributed by atoms with Crippen LogP contribution in [0.25, 0.3) is 0 Å². The fourth-order valence-corrected chi connectivity index (χ4v) is 3.33. The quantitative estimate of drug-likeness (QED) is 0.894. The van der Waals surface area contributed by atoms with E-state index in [2.05, 4.69) is 5.32 Å². The van der Waals surface area contributed by atoms with Gasteiger partial charge in [0.2, 0.25) is 5.91 Å². The molecule has 1 fully saturated rings. The molecule has 142 valence electrons. The lowest BCUT2D eigenvalue weighted by Gasteiger charge is -2.32. The van der Waals surface area contributed by atoms with Crippen molar-refractivity contribution in [3.63, 3.8) is 0 Å². The van der Waals surface area contributed by atoms with Gasteiger partial charge < -0.3 is 15.0 Å². The summed E-state index contributed by atoms with van der Waals surface area (Å²) in [6.45, 7) is 2.72. The molecule has 0 aliphatic carbocycles. The summed E-state index contributed by atoms with van der Waals surface area (Å²) in [6.07, 6.45) is 1.38. The van der Waals surface area contributed by atoms with Crippen molar-refractivity contribution in [3.8, 4) is 5.75 Å². The van der Waals surface area contributed by atoms with Crippen molar-refractivity contribution in [2.24, 2.45) is 5.92 Å². The molecule has 2 aromatic carbocycles. The Bertz CT molecular complexity index is 853. The lowest BCUT2D eigenvalue weighted by Crippen LogP contribution is -2.44. The van der Waals surface area contributed by atoms with E-state index in [-0.39, 0.29) is 29.8 Å². The van der Waals surface area contributed by atoms with Crippen LogP contribution in [0.1, 0.15) is 28.8 Å². The molecule has 6 heteroatoms. The number of nitrogens with zero attached hydrogens (tertiary/aromatic N) is 1. The Balaban J connectivity index is 1.71. The first-order valence-electron chi connectivity index (χ1n) is 8.99. The first-order chi connectivity index (χ1) is 13.0. The molecule has 2 amide bonds. The Hall–Kier alpha value is -2.89. The van der Waals surface area contributed by atoms with Gasteiger partial charge in [-0.1, -0.05) is 18.2 Å². The molecular formula is C21H23FN2O3. The average Bonchev–Trinajstić information content (AvgIpc) is 2.68. The number of rotatable bonds is 4. The molecule has 3 rings (SSSR count). The van der Waals surface area contributed by atoms with E-state index in [1.165, 1.54) is 12.1 Å². The Labute approximate surface area is 158 Å². The minimum Gasteiger partial charge on any atom is -0.495 e. The number of aryl methyl sites for hydroxylation is 1. The number of carbonyl (C=O) groups is 2. The zero-order valence-corrected chi connectivity index (χ0v) is 15.5. The van der Waals surface area contributed by atoms with Gasteiger partial charge in [0.15, 0.2) is 0 Å². The zero-order chi connectivity index (χ0) is 19.4. The third-order valence-electron chi connectivity index (χ3n) is 4.80. The standard InChI is InChI=1S/C21H23FN2O3/c1-14-9-10-19(27-2)18(12-14)23-20(25)15-6-5-11-24(13-15)21(26)16-7-3-4-8-17(16)22/h3-4,7-10,12,15H,5-6,11,13H2,1-2H3,(H,23,25). The number of halogens is 1. The summed E-state index contributed by atoms with van der Waals surface area (Å²) >= 11 is 0. The Kier molecular flexibility index (Phi) is 5.74. The maximum Gasteiger partial charge on any atom is 0.256 e. The van der Waals surface area contributed by atoms with Crippen LogP contribution < -0.4 is 10.1 Å². The van der Waals surface area contributed by atoms with Gasteiger partial charge in [0.25, 0.3) is 5.91 Å². The first-order valence-corrected chi connectivity index (χ1v) is 8.99. The van der Waals surface area contributed by atoms with E-state index in [0.717, 1.165) is 5.56 Å². The fourth-order valence-electron chi connectivity index (χ4n) is 3.33. The lowest BCUT2D eigenvalue weighted by molar-refractivity contribution is -0.121. The molecule has 0 saturated carbocycles. The minimum absolute atomic E-state index is 0.0407. The lowest BCUT2D eigenvalue weighted by atomic mass is 9.96. The van der Waals surface area contributed by atoms with Crippen LogP contribution in [0, 0.1) is 18.7 Å². The van der Waals surface area contributed by atoms with Gasteiger partial charge in [-0.3, -0.25) is 9.59 Å². The summed E-state index contributed by atoms with van der Waals surface area (Å²) < 4.78 is 19.2. The molecule has 1 aliphatic rings. The second kappa shape index (κ2) is 8.20. The number of ether oxygens (including phenoxy) is 1. The van der Waals surface area contributed by atoms with Crippen molar-refractivity contribution < 1.29 is 18.7 Å². The molecular weight excluding hydrogens is 347 g/mol. The Morgan fingerprint density at radius 1 is 1.22 bits per heavy atom. The van der Waals surface area contributed by atoms with Crippen LogP contribution in [0.15, 0.2) is 42.5 Å². The van der Waals surface area contributed by atoms with E-state index in [9.17, 15) is 14.0 Å². The molecule has 1 N–H and O–H groups in total. The van der Waals surface area contributed by atoms with Crippen molar-refractivity contribution in [1.29, 1.82) is 0 Å². The topological polar surface area (TPSA) is 58.6 Å². The molecule has 1 aliphatic heterocycles. The van der Waals surface area contributed by atoms with Crippen LogP contribution in [-0.4, -0.2) is 36.9 Å². The summed E-state index contributed by atoms with van der Waals surface area (Å²) in [5, 5.41) is 2.91. The smallest absolute Gasteiger partial charge is 0.256 e. The maximum atomic E-state index is 13.9. The predicted molar refractivity (Wildman–Crippen MR) is 101 cm³/mol. The van der Waals surface area contributed by atoms with Gasteiger partial charge in [-0.15, -0.1) is 0 Å². The van der Waals surface area contributed by atoms with Gasteiger partial charge >= 0.3 is 0 Å². The molecule has 1 heterocycles. The molecule has 1 unspecified atom stereocenters. The van der Waals surface area contributed by atoms with Crippen molar-refractivity contribution >= 4 is 17.5 Å². The number of anilines is 1. The van der Waals surface area contributed by atoms with Crippen LogP contribution in [0.5, 0.6) is 5.75 Å². The summed E-state index contributed by atoms with van der Waals surface area (Å²) in [7, 11) is 1.55. The molecule has 27 heavy (non-hydrogen) atoms. The highest BCUT2D eigenvalue weighted by molar-refractivity contribution is 5.97. The fraction of sp³-hybridized carbons (Fsp3) is 0.333. The second-order valence-corrected chi connectivity index (χ2v) is 6.76. The number of likely N-dealkylation sites (tertiary alicyclic amines) is 1. The Morgan fingerprint density at radius 3 is 2.74 bits per heavy atom. The predicted octanol–water partition coefficient (Wildman–Crippen LogP) is 3.63. The zero-order valence-electron chi connectivity index (χ0n) is 15.5. The first kappa shape index (κ1) is 18.9. The number of carbonyl (C=O) groups excluding carboxylic acids is 2. The molecule has 0 aromatic heterocycles. The van der Waals surface area contributed by atoms with Crippen LogP contribution >= 0.6 is 0 Å². The van der Waals surface area contributed by atoms with Gasteiger partial charge in [0, 0.05) is 13.1 Å². The summed E-state index contributed by atoms with van der Waals surface area (Å²) in [4.78, 5) is 26.9. The van der Waals surface area contributed by atoms with E-state index < -0.39 is 5.82 Å². The van der Waals surface area contributed by atoms with Crippen LogP contribution in [0.3, 0.4) is 0 Å². The molecule has 1 saturated heterocycles. The van der Waals surface area contributed by atoms with Crippen LogP contribution in [0.4, 0.5) is 10.1 Å². The van der Waals surface area contributed by atoms with Gasteiger partial charge in [-0.25, -0.2) is 4.39 Å². The van der Waals surface area contributed by atoms with Crippen LogP contribution in [0.2, 0.25) is 0 Å². The number of hydrogen-bond donors (Lipinski definition) is 1. The summed E-state index contributed by atoms with van der Waals surface area (Å²) in [5.41, 5.74) is 1.66. The molecule has 0 bridgehead atoms. The van der Waals surface area contributed by atoms with Gasteiger partial charge in [-0.05, 0) is 49.6 Å². The molecule has 1 atom stereocenters. The molecule has 0 radical (unpaired) electrons. The molecule has 5 nitrogen and oxygen atoms in total. The van der Waals surface area contributed by atoms with Crippen molar-refractivity contribution in [2.45, 2.75) is 19.8 Å². The molecule has 2 aromatic rings. The van der Waals surface area contributed by atoms with Crippen molar-refractivity contribution in [1.82, 2.24) is 4.90 Å². The van der Waals surface area contributed by atoms with Crippen molar-refractivity contribution in [3.05, 3.63) is 59.4 Å². The number of nitrogens with one attached hydrogen (secondary N) is 1. The summed E-state index contributed by atoms with van der Waals surface area (Å²) in [5.74, 6) is -0.842. The number of benzene rings is 2. The van der Waals surface area contributed by atoms with E-state index in [0.29, 0.717) is 30.8 Å². The minimum atomic E-state index is -0.543. The van der Waals surface area contributed by atoms with Gasteiger partial charge in [0.1, 0.15) is 11.6 Å². The van der Waals surface area contributed by atoms with Crippen LogP contribution in [-0.2, 0) is 4.79 Å². The normalized spacial score (nSPS) is 16.7. The highest BCUT2D eigenvalue weighted by Crippen LogP contribution is 2.27. The third-order valence-corrected chi connectivity index (χ3v) is 4.80. The number of methoxy groups -OCH3 is 1. The highest BCUT2D eigenvalue weighted by atomic mass is 19.1. The highest BCUT2D eigenvalue weighted by Gasteiger charge is 2.30. The van der Waals surface area contributed by atoms with Gasteiger partial charge in [-0.2, -0.15) is 0 Å². The van der Waals surface area contributed by atoms with E-state index in [1.54, 1.807) is 30.2 Å². The van der Waals surface area contributed by atoms with E-state index in [4.69, 9.17) is 4.74 Å². The third kappa shape index (κ3) is 4.27. The molecule has 0 spiro atoms. The van der Waals surface area contributed by atoms with E-state index >= 15 is 0 Å². The number of piperidine rings is 1. The monoisotopic (exact) mass is 370 g/mol. The second-order valence-electron chi connectivity index (χ2n) is 6.76. The van der Waals surface area contributed by atoms with Gasteiger partial charge in [0.05, 0.1) is 24.3 Å². The SMILES string of the molecule is COc1ccc(C)cc1NC(=O)C1CCCN(C(=O)c2ccccc2F)C1. The number of hydrogen-bond acceptors (Lipinski definition) is 3. The van der Waals surface area contributed by atoms with E-state index in [1.807, 2.05) is 19.1 Å². The van der Waals surface area contributed by atoms with Crippen molar-refractivity contribution in [2.75, 3.05) is 25.5 Å². The largest absolute Gasteiger partial charge is 0.495 e. The Morgan fingerprint density at radius 2 is 2.00 bits per heavy atom.